The molecule has 0 spiro atoms. The lowest BCUT2D eigenvalue weighted by Gasteiger charge is -1.99. The van der Waals surface area contributed by atoms with Gasteiger partial charge in [-0.25, -0.2) is 0 Å². The lowest BCUT2D eigenvalue weighted by atomic mass is 10.1. The number of benzene rings is 1. The summed E-state index contributed by atoms with van der Waals surface area (Å²) in [7, 11) is 0. The summed E-state index contributed by atoms with van der Waals surface area (Å²) in [4.78, 5) is 10.8. The van der Waals surface area contributed by atoms with Crippen LogP contribution in [0.4, 0.5) is 0 Å². The Hall–Kier alpha value is -1.57. The van der Waals surface area contributed by atoms with Gasteiger partial charge in [0.2, 0.25) is 0 Å². The highest BCUT2D eigenvalue weighted by Gasteiger charge is 2.26. The molecule has 1 aliphatic carbocycles. The highest BCUT2D eigenvalue weighted by Crippen LogP contribution is 2.27. The lowest BCUT2D eigenvalue weighted by Crippen LogP contribution is -2.12. The van der Waals surface area contributed by atoms with Crippen LogP contribution < -0.4 is 0 Å². The van der Waals surface area contributed by atoms with E-state index < -0.39 is 5.97 Å². The van der Waals surface area contributed by atoms with Crippen molar-refractivity contribution in [2.24, 2.45) is 5.92 Å². The summed E-state index contributed by atoms with van der Waals surface area (Å²) in [6.45, 7) is 3.69. The highest BCUT2D eigenvalue weighted by molar-refractivity contribution is 5.72. The number of carbonyl (C=O) groups is 1. The van der Waals surface area contributed by atoms with Crippen molar-refractivity contribution in [3.63, 3.8) is 0 Å². The van der Waals surface area contributed by atoms with Gasteiger partial charge in [-0.05, 0) is 29.5 Å². The van der Waals surface area contributed by atoms with Gasteiger partial charge in [0.25, 0.3) is 0 Å². The minimum atomic E-state index is -0.693. The molecule has 1 aromatic carbocycles. The Morgan fingerprint density at radius 2 is 2.14 bits per heavy atom. The molecule has 72 valence electrons. The second kappa shape index (κ2) is 3.29. The first kappa shape index (κ1) is 9.00. The van der Waals surface area contributed by atoms with E-state index in [9.17, 15) is 4.79 Å². The fourth-order valence-corrected chi connectivity index (χ4v) is 1.94. The number of carboxylic acids is 1. The summed E-state index contributed by atoms with van der Waals surface area (Å²) in [6, 6.07) is 6.02. The molecule has 0 aromatic heterocycles. The molecule has 2 rings (SSSR count). The third-order valence-electron chi connectivity index (χ3n) is 2.75. The molecule has 1 aliphatic rings. The molecule has 1 aromatic rings. The zero-order chi connectivity index (χ0) is 10.1. The molecule has 0 heterocycles. The first-order valence-electron chi connectivity index (χ1n) is 4.67. The molecule has 0 radical (unpaired) electrons. The molecular formula is C12H12O2. The molecule has 0 aliphatic heterocycles. The van der Waals surface area contributed by atoms with E-state index >= 15 is 0 Å². The highest BCUT2D eigenvalue weighted by atomic mass is 16.4. The molecule has 2 nitrogen and oxygen atoms in total. The van der Waals surface area contributed by atoms with E-state index in [-0.39, 0.29) is 5.92 Å². The maximum absolute atomic E-state index is 10.8. The standard InChI is InChI=1S/C12H12O2/c1-2-8-3-4-9-6-11(12(13)14)7-10(9)5-8/h2-5,11H,1,6-7H2,(H,13,14). The first-order chi connectivity index (χ1) is 6.70. The fourth-order valence-electron chi connectivity index (χ4n) is 1.94. The maximum Gasteiger partial charge on any atom is 0.307 e. The van der Waals surface area contributed by atoms with Crippen LogP contribution >= 0.6 is 0 Å². The van der Waals surface area contributed by atoms with Gasteiger partial charge < -0.3 is 5.11 Å². The molecule has 0 bridgehead atoms. The molecule has 2 heteroatoms. The molecule has 1 unspecified atom stereocenters. The zero-order valence-corrected chi connectivity index (χ0v) is 7.86. The average molecular weight is 188 g/mol. The van der Waals surface area contributed by atoms with Crippen LogP contribution in [0.2, 0.25) is 0 Å². The Kier molecular flexibility index (Phi) is 2.12. The van der Waals surface area contributed by atoms with E-state index in [1.54, 1.807) is 6.08 Å². The van der Waals surface area contributed by atoms with Crippen LogP contribution in [0.5, 0.6) is 0 Å². The van der Waals surface area contributed by atoms with Crippen LogP contribution in [0.3, 0.4) is 0 Å². The van der Waals surface area contributed by atoms with Crippen LogP contribution in [0.25, 0.3) is 6.08 Å². The monoisotopic (exact) mass is 188 g/mol. The Labute approximate surface area is 82.9 Å². The second-order valence-electron chi connectivity index (χ2n) is 3.68. The summed E-state index contributed by atoms with van der Waals surface area (Å²) in [5.41, 5.74) is 3.40. The second-order valence-corrected chi connectivity index (χ2v) is 3.68. The summed E-state index contributed by atoms with van der Waals surface area (Å²) < 4.78 is 0. The Bertz CT molecular complexity index is 393. The van der Waals surface area contributed by atoms with Crippen molar-refractivity contribution < 1.29 is 9.90 Å². The van der Waals surface area contributed by atoms with Gasteiger partial charge in [0, 0.05) is 0 Å². The lowest BCUT2D eigenvalue weighted by molar-refractivity contribution is -0.141. The van der Waals surface area contributed by atoms with Gasteiger partial charge in [-0.1, -0.05) is 30.9 Å². The molecule has 0 saturated carbocycles. The number of hydrogen-bond donors (Lipinski definition) is 1. The fraction of sp³-hybridized carbons (Fsp3) is 0.250. The Morgan fingerprint density at radius 1 is 1.43 bits per heavy atom. The van der Waals surface area contributed by atoms with Crippen molar-refractivity contribution in [3.05, 3.63) is 41.5 Å². The number of fused-ring (bicyclic) bond motifs is 1. The summed E-state index contributed by atoms with van der Waals surface area (Å²) in [5, 5.41) is 8.89. The van der Waals surface area contributed by atoms with E-state index in [2.05, 4.69) is 6.58 Å². The number of hydrogen-bond acceptors (Lipinski definition) is 1. The number of aliphatic carboxylic acids is 1. The van der Waals surface area contributed by atoms with Gasteiger partial charge in [0.05, 0.1) is 5.92 Å². The van der Waals surface area contributed by atoms with Crippen molar-refractivity contribution >= 4 is 12.0 Å². The van der Waals surface area contributed by atoms with Crippen LogP contribution in [-0.2, 0) is 17.6 Å². The minimum absolute atomic E-state index is 0.231. The van der Waals surface area contributed by atoms with E-state index in [0.29, 0.717) is 12.8 Å². The van der Waals surface area contributed by atoms with E-state index in [0.717, 1.165) is 11.1 Å². The zero-order valence-electron chi connectivity index (χ0n) is 7.86. The third kappa shape index (κ3) is 1.43. The molecule has 1 N–H and O–H groups in total. The molecule has 0 saturated heterocycles. The molecule has 1 atom stereocenters. The SMILES string of the molecule is C=Cc1ccc2c(c1)CC(C(=O)O)C2. The molecule has 0 fully saturated rings. The van der Waals surface area contributed by atoms with Crippen molar-refractivity contribution in [3.8, 4) is 0 Å². The number of carboxylic acid groups (broad SMARTS) is 1. The van der Waals surface area contributed by atoms with Crippen molar-refractivity contribution in [2.75, 3.05) is 0 Å². The summed E-state index contributed by atoms with van der Waals surface area (Å²) in [6.07, 6.45) is 3.11. The van der Waals surface area contributed by atoms with Crippen LogP contribution in [0.15, 0.2) is 24.8 Å². The van der Waals surface area contributed by atoms with Gasteiger partial charge >= 0.3 is 5.97 Å². The minimum Gasteiger partial charge on any atom is -0.481 e. The molecule has 14 heavy (non-hydrogen) atoms. The number of rotatable bonds is 2. The van der Waals surface area contributed by atoms with Gasteiger partial charge in [-0.3, -0.25) is 4.79 Å². The van der Waals surface area contributed by atoms with Gasteiger partial charge in [-0.15, -0.1) is 0 Å². The van der Waals surface area contributed by atoms with Crippen LogP contribution in [0, 0.1) is 5.92 Å². The average Bonchev–Trinajstić information content (AvgIpc) is 2.59. The van der Waals surface area contributed by atoms with Gasteiger partial charge in [0.1, 0.15) is 0 Å². The Morgan fingerprint density at radius 3 is 2.79 bits per heavy atom. The van der Waals surface area contributed by atoms with Gasteiger partial charge in [0.15, 0.2) is 0 Å². The normalized spacial score (nSPS) is 19.0. The quantitative estimate of drug-likeness (QED) is 0.772. The van der Waals surface area contributed by atoms with E-state index in [1.165, 1.54) is 5.56 Å². The summed E-state index contributed by atoms with van der Waals surface area (Å²) >= 11 is 0. The molecule has 0 amide bonds. The largest absolute Gasteiger partial charge is 0.481 e. The predicted octanol–water partition coefficient (Wildman–Crippen LogP) is 2.13. The van der Waals surface area contributed by atoms with Crippen molar-refractivity contribution in [2.45, 2.75) is 12.8 Å². The summed E-state index contributed by atoms with van der Waals surface area (Å²) in [5.74, 6) is -0.925. The smallest absolute Gasteiger partial charge is 0.307 e. The van der Waals surface area contributed by atoms with Crippen LogP contribution in [-0.4, -0.2) is 11.1 Å². The predicted molar refractivity (Wildman–Crippen MR) is 55.1 cm³/mol. The van der Waals surface area contributed by atoms with E-state index in [4.69, 9.17) is 5.11 Å². The first-order valence-corrected chi connectivity index (χ1v) is 4.67. The maximum atomic E-state index is 10.8. The van der Waals surface area contributed by atoms with Crippen molar-refractivity contribution in [1.82, 2.24) is 0 Å². The topological polar surface area (TPSA) is 37.3 Å². The van der Waals surface area contributed by atoms with Crippen molar-refractivity contribution in [1.29, 1.82) is 0 Å². The Balaban J connectivity index is 2.31. The van der Waals surface area contributed by atoms with E-state index in [1.807, 2.05) is 18.2 Å². The van der Waals surface area contributed by atoms with Gasteiger partial charge in [-0.2, -0.15) is 0 Å². The molecular weight excluding hydrogens is 176 g/mol. The third-order valence-corrected chi connectivity index (χ3v) is 2.75. The van der Waals surface area contributed by atoms with Crippen LogP contribution in [0.1, 0.15) is 16.7 Å².